The summed E-state index contributed by atoms with van der Waals surface area (Å²) in [4.78, 5) is 0. The van der Waals surface area contributed by atoms with E-state index in [0.29, 0.717) is 11.5 Å². The summed E-state index contributed by atoms with van der Waals surface area (Å²) in [6.45, 7) is 4.71. The Morgan fingerprint density at radius 1 is 1.12 bits per heavy atom. The highest BCUT2D eigenvalue weighted by atomic mass is 19.1. The third kappa shape index (κ3) is 3.72. The van der Waals surface area contributed by atoms with Crippen molar-refractivity contribution in [2.24, 2.45) is 5.41 Å². The van der Waals surface area contributed by atoms with E-state index in [9.17, 15) is 4.39 Å². The van der Waals surface area contributed by atoms with Crippen LogP contribution in [0.4, 0.5) is 10.1 Å². The van der Waals surface area contributed by atoms with E-state index in [1.54, 1.807) is 0 Å². The Balaban J connectivity index is 1.93. The second-order valence-corrected chi connectivity index (χ2v) is 5.94. The van der Waals surface area contributed by atoms with Gasteiger partial charge in [0.15, 0.2) is 0 Å². The molecule has 1 atom stereocenters. The van der Waals surface area contributed by atoms with Crippen LogP contribution in [-0.4, -0.2) is 6.04 Å². The van der Waals surface area contributed by atoms with Crippen LogP contribution in [0.1, 0.15) is 46.0 Å². The van der Waals surface area contributed by atoms with Crippen molar-refractivity contribution < 1.29 is 4.39 Å². The first-order chi connectivity index (χ1) is 8.05. The molecular formula is C15H22FN. The third-order valence-electron chi connectivity index (χ3n) is 3.79. The highest BCUT2D eigenvalue weighted by molar-refractivity contribution is 5.43. The molecule has 1 aliphatic rings. The van der Waals surface area contributed by atoms with Crippen molar-refractivity contribution in [3.63, 3.8) is 0 Å². The molecule has 2 heteroatoms. The zero-order valence-electron chi connectivity index (χ0n) is 10.8. The van der Waals surface area contributed by atoms with Gasteiger partial charge in [-0.15, -0.1) is 0 Å². The van der Waals surface area contributed by atoms with Crippen LogP contribution in [-0.2, 0) is 0 Å². The number of hydrogen-bond donors (Lipinski definition) is 1. The molecule has 1 fully saturated rings. The van der Waals surface area contributed by atoms with Gasteiger partial charge in [-0.1, -0.05) is 20.3 Å². The van der Waals surface area contributed by atoms with Crippen LogP contribution in [0.15, 0.2) is 24.3 Å². The number of benzene rings is 1. The van der Waals surface area contributed by atoms with Crippen molar-refractivity contribution in [1.29, 1.82) is 0 Å². The Morgan fingerprint density at radius 3 is 2.53 bits per heavy atom. The molecule has 94 valence electrons. The van der Waals surface area contributed by atoms with Crippen LogP contribution in [0.5, 0.6) is 0 Å². The van der Waals surface area contributed by atoms with Crippen LogP contribution >= 0.6 is 0 Å². The van der Waals surface area contributed by atoms with Gasteiger partial charge in [-0.3, -0.25) is 0 Å². The molecule has 0 radical (unpaired) electrons. The topological polar surface area (TPSA) is 12.0 Å². The molecule has 0 aromatic heterocycles. The average Bonchev–Trinajstić information content (AvgIpc) is 2.44. The smallest absolute Gasteiger partial charge is 0.123 e. The van der Waals surface area contributed by atoms with E-state index in [4.69, 9.17) is 0 Å². The molecule has 0 amide bonds. The molecule has 1 unspecified atom stereocenters. The van der Waals surface area contributed by atoms with Gasteiger partial charge in [0.1, 0.15) is 5.82 Å². The number of rotatable bonds is 2. The van der Waals surface area contributed by atoms with Gasteiger partial charge >= 0.3 is 0 Å². The van der Waals surface area contributed by atoms with Crippen LogP contribution in [0, 0.1) is 11.2 Å². The summed E-state index contributed by atoms with van der Waals surface area (Å²) in [5.41, 5.74) is 1.52. The van der Waals surface area contributed by atoms with E-state index < -0.39 is 0 Å². The zero-order chi connectivity index (χ0) is 12.3. The molecule has 0 heterocycles. The first-order valence-corrected chi connectivity index (χ1v) is 6.57. The summed E-state index contributed by atoms with van der Waals surface area (Å²) in [5.74, 6) is -0.169. The fraction of sp³-hybridized carbons (Fsp3) is 0.600. The van der Waals surface area contributed by atoms with Crippen molar-refractivity contribution >= 4 is 5.69 Å². The van der Waals surface area contributed by atoms with Crippen molar-refractivity contribution in [2.75, 3.05) is 5.32 Å². The quantitative estimate of drug-likeness (QED) is 0.739. The maximum absolute atomic E-state index is 12.8. The van der Waals surface area contributed by atoms with Gasteiger partial charge in [-0.2, -0.15) is 0 Å². The van der Waals surface area contributed by atoms with E-state index in [1.165, 1.54) is 44.2 Å². The molecule has 17 heavy (non-hydrogen) atoms. The Bertz CT molecular complexity index is 356. The summed E-state index contributed by atoms with van der Waals surface area (Å²) >= 11 is 0. The Kier molecular flexibility index (Phi) is 3.70. The SMILES string of the molecule is CC1(C)CCCC(Nc2ccc(F)cc2)CC1. The monoisotopic (exact) mass is 235 g/mol. The van der Waals surface area contributed by atoms with Crippen molar-refractivity contribution in [3.05, 3.63) is 30.1 Å². The van der Waals surface area contributed by atoms with Crippen LogP contribution < -0.4 is 5.32 Å². The summed E-state index contributed by atoms with van der Waals surface area (Å²) in [7, 11) is 0. The molecule has 1 nitrogen and oxygen atoms in total. The van der Waals surface area contributed by atoms with E-state index >= 15 is 0 Å². The molecule has 0 bridgehead atoms. The Hall–Kier alpha value is -1.05. The van der Waals surface area contributed by atoms with E-state index in [0.717, 1.165) is 5.69 Å². The second-order valence-electron chi connectivity index (χ2n) is 5.94. The first-order valence-electron chi connectivity index (χ1n) is 6.57. The van der Waals surface area contributed by atoms with Gasteiger partial charge in [-0.05, 0) is 55.4 Å². The third-order valence-corrected chi connectivity index (χ3v) is 3.79. The van der Waals surface area contributed by atoms with Crippen molar-refractivity contribution in [2.45, 2.75) is 52.0 Å². The summed E-state index contributed by atoms with van der Waals surface area (Å²) in [6.07, 6.45) is 6.30. The fourth-order valence-corrected chi connectivity index (χ4v) is 2.59. The minimum atomic E-state index is -0.169. The summed E-state index contributed by atoms with van der Waals surface area (Å²) in [5, 5.41) is 3.52. The fourth-order valence-electron chi connectivity index (χ4n) is 2.59. The number of halogens is 1. The molecule has 1 N–H and O–H groups in total. The lowest BCUT2D eigenvalue weighted by molar-refractivity contribution is 0.313. The molecule has 1 aliphatic carbocycles. The molecule has 1 aromatic rings. The highest BCUT2D eigenvalue weighted by Crippen LogP contribution is 2.34. The van der Waals surface area contributed by atoms with Crippen LogP contribution in [0.3, 0.4) is 0 Å². The average molecular weight is 235 g/mol. The standard InChI is InChI=1S/C15H22FN/c1-15(2)10-3-4-13(9-11-15)17-14-7-5-12(16)6-8-14/h5-8,13,17H,3-4,9-11H2,1-2H3. The summed E-state index contributed by atoms with van der Waals surface area (Å²) < 4.78 is 12.8. The summed E-state index contributed by atoms with van der Waals surface area (Å²) in [6, 6.07) is 7.23. The lowest BCUT2D eigenvalue weighted by Crippen LogP contribution is -2.19. The maximum atomic E-state index is 12.8. The molecule has 2 rings (SSSR count). The van der Waals surface area contributed by atoms with Crippen molar-refractivity contribution in [1.82, 2.24) is 0 Å². The molecule has 0 saturated heterocycles. The molecule has 0 spiro atoms. The zero-order valence-corrected chi connectivity index (χ0v) is 10.8. The van der Waals surface area contributed by atoms with Crippen molar-refractivity contribution in [3.8, 4) is 0 Å². The predicted octanol–water partition coefficient (Wildman–Crippen LogP) is 4.60. The molecule has 1 saturated carbocycles. The van der Waals surface area contributed by atoms with E-state index in [-0.39, 0.29) is 5.82 Å². The minimum Gasteiger partial charge on any atom is -0.382 e. The van der Waals surface area contributed by atoms with Gasteiger partial charge in [0.25, 0.3) is 0 Å². The first kappa shape index (κ1) is 12.4. The maximum Gasteiger partial charge on any atom is 0.123 e. The number of hydrogen-bond acceptors (Lipinski definition) is 1. The van der Waals surface area contributed by atoms with Gasteiger partial charge in [0, 0.05) is 11.7 Å². The molecule has 0 aliphatic heterocycles. The predicted molar refractivity (Wildman–Crippen MR) is 70.7 cm³/mol. The van der Waals surface area contributed by atoms with Gasteiger partial charge in [0.05, 0.1) is 0 Å². The largest absolute Gasteiger partial charge is 0.382 e. The number of anilines is 1. The minimum absolute atomic E-state index is 0.169. The normalized spacial score (nSPS) is 24.1. The van der Waals surface area contributed by atoms with Gasteiger partial charge < -0.3 is 5.32 Å². The highest BCUT2D eigenvalue weighted by Gasteiger charge is 2.24. The van der Waals surface area contributed by atoms with Crippen LogP contribution in [0.2, 0.25) is 0 Å². The Labute approximate surface area is 103 Å². The van der Waals surface area contributed by atoms with Gasteiger partial charge in [0.2, 0.25) is 0 Å². The lowest BCUT2D eigenvalue weighted by atomic mass is 9.85. The van der Waals surface area contributed by atoms with Crippen LogP contribution in [0.25, 0.3) is 0 Å². The molecule has 1 aromatic carbocycles. The number of nitrogens with one attached hydrogen (secondary N) is 1. The van der Waals surface area contributed by atoms with E-state index in [1.807, 2.05) is 12.1 Å². The second kappa shape index (κ2) is 5.07. The van der Waals surface area contributed by atoms with E-state index in [2.05, 4.69) is 19.2 Å². The Morgan fingerprint density at radius 2 is 1.82 bits per heavy atom. The lowest BCUT2D eigenvalue weighted by Gasteiger charge is -2.22. The molecular weight excluding hydrogens is 213 g/mol. The van der Waals surface area contributed by atoms with Gasteiger partial charge in [-0.25, -0.2) is 4.39 Å².